The maximum atomic E-state index is 10.2. The molecule has 4 heteroatoms. The second-order valence-electron chi connectivity index (χ2n) is 5.70. The van der Waals surface area contributed by atoms with Crippen LogP contribution in [0, 0.1) is 0 Å². The zero-order valence-electron chi connectivity index (χ0n) is 13.8. The van der Waals surface area contributed by atoms with Crippen LogP contribution in [0.15, 0.2) is 64.0 Å². The summed E-state index contributed by atoms with van der Waals surface area (Å²) in [6.07, 6.45) is 3.68. The number of aromatic hydroxyl groups is 1. The molecule has 0 fully saturated rings. The molecule has 1 aliphatic rings. The first kappa shape index (κ1) is 15.3. The first-order valence-electron chi connectivity index (χ1n) is 8.16. The van der Waals surface area contributed by atoms with Crippen LogP contribution in [0.25, 0.3) is 23.0 Å². The Hall–Kier alpha value is -3.27. The van der Waals surface area contributed by atoms with Crippen LogP contribution in [0.2, 0.25) is 0 Å². The molecule has 2 heterocycles. The number of aliphatic imine (C=N–C) groups is 1. The molecule has 1 aliphatic heterocycles. The first-order valence-corrected chi connectivity index (χ1v) is 8.16. The van der Waals surface area contributed by atoms with Crippen molar-refractivity contribution in [1.29, 1.82) is 0 Å². The number of furan rings is 1. The highest BCUT2D eigenvalue weighted by atomic mass is 16.5. The van der Waals surface area contributed by atoms with E-state index in [1.165, 1.54) is 0 Å². The monoisotopic (exact) mass is 331 g/mol. The van der Waals surface area contributed by atoms with E-state index in [0.29, 0.717) is 17.9 Å². The predicted octanol–water partition coefficient (Wildman–Crippen LogP) is 5.31. The summed E-state index contributed by atoms with van der Waals surface area (Å²) < 4.78 is 11.0. The van der Waals surface area contributed by atoms with Crippen molar-refractivity contribution in [2.45, 2.75) is 6.92 Å². The van der Waals surface area contributed by atoms with E-state index in [0.717, 1.165) is 28.1 Å². The SMILES string of the molecule is CCOc1ccc(-c2cc(C=C3C=Nc4ccccc43)c(O)o2)cc1. The largest absolute Gasteiger partial charge is 0.494 e. The maximum absolute atomic E-state index is 10.2. The molecule has 3 aromatic rings. The quantitative estimate of drug-likeness (QED) is 0.705. The Bertz CT molecular complexity index is 965. The molecule has 0 bridgehead atoms. The van der Waals surface area contributed by atoms with Gasteiger partial charge in [-0.05, 0) is 49.4 Å². The fourth-order valence-corrected chi connectivity index (χ4v) is 2.84. The summed E-state index contributed by atoms with van der Waals surface area (Å²) in [7, 11) is 0. The lowest BCUT2D eigenvalue weighted by molar-refractivity contribution is 0.336. The van der Waals surface area contributed by atoms with Crippen LogP contribution in [-0.4, -0.2) is 17.9 Å². The number of fused-ring (bicyclic) bond motifs is 1. The average Bonchev–Trinajstić information content (AvgIpc) is 3.21. The van der Waals surface area contributed by atoms with E-state index in [4.69, 9.17) is 9.15 Å². The topological polar surface area (TPSA) is 55.0 Å². The molecule has 0 atom stereocenters. The number of hydrogen-bond donors (Lipinski definition) is 1. The van der Waals surface area contributed by atoms with E-state index >= 15 is 0 Å². The summed E-state index contributed by atoms with van der Waals surface area (Å²) in [6, 6.07) is 17.3. The van der Waals surface area contributed by atoms with Crippen molar-refractivity contribution in [2.24, 2.45) is 4.99 Å². The van der Waals surface area contributed by atoms with Gasteiger partial charge in [-0.15, -0.1) is 0 Å². The molecule has 4 nitrogen and oxygen atoms in total. The Kier molecular flexibility index (Phi) is 3.86. The standard InChI is InChI=1S/C21H17NO3/c1-2-24-17-9-7-14(8-10-17)20-12-15(21(23)25-20)11-16-13-22-19-6-4-3-5-18(16)19/h3-13,23H,2H2,1H3. The number of hydrogen-bond acceptors (Lipinski definition) is 4. The number of ether oxygens (including phenoxy) is 1. The average molecular weight is 331 g/mol. The normalized spacial score (nSPS) is 14.0. The van der Waals surface area contributed by atoms with E-state index in [1.807, 2.05) is 67.6 Å². The highest BCUT2D eigenvalue weighted by Crippen LogP contribution is 2.36. The smallest absolute Gasteiger partial charge is 0.289 e. The van der Waals surface area contributed by atoms with Crippen molar-refractivity contribution < 1.29 is 14.3 Å². The zero-order valence-corrected chi connectivity index (χ0v) is 13.8. The molecular formula is C21H17NO3. The molecule has 1 N–H and O–H groups in total. The summed E-state index contributed by atoms with van der Waals surface area (Å²) in [4.78, 5) is 4.38. The van der Waals surface area contributed by atoms with Crippen LogP contribution >= 0.6 is 0 Å². The molecular weight excluding hydrogens is 314 g/mol. The molecule has 124 valence electrons. The molecule has 1 aromatic heterocycles. The molecule has 4 rings (SSSR count). The lowest BCUT2D eigenvalue weighted by atomic mass is 10.0. The molecule has 2 aromatic carbocycles. The molecule has 0 saturated heterocycles. The van der Waals surface area contributed by atoms with E-state index in [-0.39, 0.29) is 5.95 Å². The van der Waals surface area contributed by atoms with Crippen molar-refractivity contribution in [3.63, 3.8) is 0 Å². The Morgan fingerprint density at radius 3 is 2.72 bits per heavy atom. The second-order valence-corrected chi connectivity index (χ2v) is 5.70. The van der Waals surface area contributed by atoms with Gasteiger partial charge in [0.1, 0.15) is 11.5 Å². The lowest BCUT2D eigenvalue weighted by Gasteiger charge is -2.02. The van der Waals surface area contributed by atoms with Gasteiger partial charge in [-0.3, -0.25) is 4.99 Å². The summed E-state index contributed by atoms with van der Waals surface area (Å²) in [5, 5.41) is 10.2. The summed E-state index contributed by atoms with van der Waals surface area (Å²) in [6.45, 7) is 2.57. The number of rotatable bonds is 4. The van der Waals surface area contributed by atoms with Gasteiger partial charge in [0.05, 0.1) is 17.9 Å². The number of benzene rings is 2. The number of allylic oxidation sites excluding steroid dienone is 1. The minimum atomic E-state index is -0.103. The van der Waals surface area contributed by atoms with Crippen LogP contribution in [0.5, 0.6) is 11.7 Å². The minimum Gasteiger partial charge on any atom is -0.494 e. The van der Waals surface area contributed by atoms with Crippen LogP contribution in [0.3, 0.4) is 0 Å². The molecule has 25 heavy (non-hydrogen) atoms. The van der Waals surface area contributed by atoms with Gasteiger partial charge in [-0.2, -0.15) is 0 Å². The predicted molar refractivity (Wildman–Crippen MR) is 99.4 cm³/mol. The van der Waals surface area contributed by atoms with Crippen molar-refractivity contribution in [3.8, 4) is 23.0 Å². The van der Waals surface area contributed by atoms with E-state index in [9.17, 15) is 5.11 Å². The number of nitrogens with zero attached hydrogens (tertiary/aromatic N) is 1. The first-order chi connectivity index (χ1) is 12.2. The third-order valence-corrected chi connectivity index (χ3v) is 4.06. The van der Waals surface area contributed by atoms with E-state index in [2.05, 4.69) is 4.99 Å². The van der Waals surface area contributed by atoms with Gasteiger partial charge >= 0.3 is 0 Å². The van der Waals surface area contributed by atoms with Crippen LogP contribution < -0.4 is 4.74 Å². The maximum Gasteiger partial charge on any atom is 0.289 e. The van der Waals surface area contributed by atoms with Gasteiger partial charge in [-0.25, -0.2) is 0 Å². The highest BCUT2D eigenvalue weighted by Gasteiger charge is 2.15. The summed E-state index contributed by atoms with van der Waals surface area (Å²) in [5.74, 6) is 1.31. The zero-order chi connectivity index (χ0) is 17.2. The van der Waals surface area contributed by atoms with Crippen molar-refractivity contribution in [2.75, 3.05) is 6.61 Å². The fourth-order valence-electron chi connectivity index (χ4n) is 2.84. The third-order valence-electron chi connectivity index (χ3n) is 4.06. The Morgan fingerprint density at radius 2 is 1.92 bits per heavy atom. The molecule has 0 radical (unpaired) electrons. The van der Waals surface area contributed by atoms with Gasteiger partial charge in [0.25, 0.3) is 5.95 Å². The van der Waals surface area contributed by atoms with Gasteiger partial charge in [0.2, 0.25) is 0 Å². The summed E-state index contributed by atoms with van der Waals surface area (Å²) >= 11 is 0. The van der Waals surface area contributed by atoms with Gasteiger partial charge in [0.15, 0.2) is 0 Å². The molecule has 0 aliphatic carbocycles. The van der Waals surface area contributed by atoms with E-state index < -0.39 is 0 Å². The van der Waals surface area contributed by atoms with E-state index in [1.54, 1.807) is 6.21 Å². The molecule has 0 unspecified atom stereocenters. The van der Waals surface area contributed by atoms with Crippen LogP contribution in [0.4, 0.5) is 5.69 Å². The lowest BCUT2D eigenvalue weighted by Crippen LogP contribution is -1.90. The minimum absolute atomic E-state index is 0.103. The highest BCUT2D eigenvalue weighted by molar-refractivity contribution is 6.21. The van der Waals surface area contributed by atoms with Crippen molar-refractivity contribution in [3.05, 3.63) is 65.7 Å². The van der Waals surface area contributed by atoms with Crippen molar-refractivity contribution in [1.82, 2.24) is 0 Å². The second kappa shape index (κ2) is 6.32. The Morgan fingerprint density at radius 1 is 1.12 bits per heavy atom. The van der Waals surface area contributed by atoms with Gasteiger partial charge in [0, 0.05) is 22.9 Å². The van der Waals surface area contributed by atoms with Gasteiger partial charge in [-0.1, -0.05) is 18.2 Å². The Balaban J connectivity index is 1.65. The number of para-hydroxylation sites is 1. The summed E-state index contributed by atoms with van der Waals surface area (Å²) in [5.41, 5.74) is 4.44. The molecule has 0 amide bonds. The third kappa shape index (κ3) is 2.94. The van der Waals surface area contributed by atoms with Crippen molar-refractivity contribution >= 4 is 23.6 Å². The molecule has 0 saturated carbocycles. The fraction of sp³-hybridized carbons (Fsp3) is 0.0952. The Labute approximate surface area is 145 Å². The van der Waals surface area contributed by atoms with Crippen LogP contribution in [0.1, 0.15) is 18.1 Å². The van der Waals surface area contributed by atoms with Crippen LogP contribution in [-0.2, 0) is 0 Å². The van der Waals surface area contributed by atoms with Gasteiger partial charge < -0.3 is 14.3 Å². The molecule has 0 spiro atoms.